The topological polar surface area (TPSA) is 107 Å². The third-order valence-corrected chi connectivity index (χ3v) is 4.53. The van der Waals surface area contributed by atoms with Gasteiger partial charge in [-0.2, -0.15) is 0 Å². The van der Waals surface area contributed by atoms with E-state index < -0.39 is 25.1 Å². The van der Waals surface area contributed by atoms with E-state index in [2.05, 4.69) is 10.3 Å². The number of nitrogens with zero attached hydrogens (tertiary/aromatic N) is 1. The summed E-state index contributed by atoms with van der Waals surface area (Å²) in [5, 5.41) is 11.0. The van der Waals surface area contributed by atoms with E-state index in [0.29, 0.717) is 11.3 Å². The molecule has 142 valence electrons. The molecule has 0 unspecified atom stereocenters. The van der Waals surface area contributed by atoms with Crippen molar-refractivity contribution in [3.63, 3.8) is 0 Å². The number of phosphoric acid groups is 1. The smallest absolute Gasteiger partial charge is 0.465 e. The zero-order valence-electron chi connectivity index (χ0n) is 15.5. The van der Waals surface area contributed by atoms with Gasteiger partial charge in [-0.1, -0.05) is 6.07 Å². The maximum Gasteiger partial charge on any atom is 0.476 e. The fraction of sp³-hybridized carbons (Fsp3) is 0.625. The monoisotopic (exact) mass is 374 g/mol. The lowest BCUT2D eigenvalue weighted by Gasteiger charge is -2.31. The molecule has 2 N–H and O–H groups in total. The Bertz CT molecular complexity index is 616. The van der Waals surface area contributed by atoms with Crippen molar-refractivity contribution in [3.8, 4) is 0 Å². The summed E-state index contributed by atoms with van der Waals surface area (Å²) in [6.45, 7) is 10.4. The number of carbonyl (C=O) groups is 1. The van der Waals surface area contributed by atoms with Crippen LogP contribution >= 0.6 is 7.82 Å². The molecule has 1 aromatic rings. The first-order chi connectivity index (χ1) is 11.3. The standard InChI is InChI=1S/C16H27N2O6P/c1-15(2,3)23-25(21,24-16(4,5)6)22-11-12-8-7-9-17-13(12)10-18-14(19)20/h7-9,18H,10-11H2,1-6H3,(H,19,20). The Balaban J connectivity index is 2.93. The van der Waals surface area contributed by atoms with Crippen molar-refractivity contribution in [1.82, 2.24) is 10.3 Å². The maximum atomic E-state index is 13.0. The van der Waals surface area contributed by atoms with Gasteiger partial charge in [0.15, 0.2) is 0 Å². The Morgan fingerprint density at radius 1 is 1.20 bits per heavy atom. The number of hydrogen-bond donors (Lipinski definition) is 2. The summed E-state index contributed by atoms with van der Waals surface area (Å²) in [6.07, 6.45) is 0.384. The fourth-order valence-electron chi connectivity index (χ4n) is 1.81. The Morgan fingerprint density at radius 3 is 2.24 bits per heavy atom. The van der Waals surface area contributed by atoms with Gasteiger partial charge in [-0.25, -0.2) is 9.36 Å². The number of phosphoric ester groups is 1. The van der Waals surface area contributed by atoms with Crippen LogP contribution in [0.5, 0.6) is 0 Å². The lowest BCUT2D eigenvalue weighted by molar-refractivity contribution is 0.000739. The number of aromatic nitrogens is 1. The van der Waals surface area contributed by atoms with Crippen LogP contribution in [-0.4, -0.2) is 27.4 Å². The van der Waals surface area contributed by atoms with Crippen LogP contribution in [0.4, 0.5) is 4.79 Å². The zero-order chi connectivity index (χ0) is 19.3. The quantitative estimate of drug-likeness (QED) is 0.692. The van der Waals surface area contributed by atoms with E-state index in [1.54, 1.807) is 59.9 Å². The van der Waals surface area contributed by atoms with Crippen molar-refractivity contribution < 1.29 is 28.0 Å². The lowest BCUT2D eigenvalue weighted by atomic mass is 10.2. The summed E-state index contributed by atoms with van der Waals surface area (Å²) in [4.78, 5) is 14.8. The Hall–Kier alpha value is -1.47. The molecule has 0 spiro atoms. The van der Waals surface area contributed by atoms with E-state index in [4.69, 9.17) is 18.7 Å². The first-order valence-electron chi connectivity index (χ1n) is 7.85. The van der Waals surface area contributed by atoms with Gasteiger partial charge in [0.05, 0.1) is 30.0 Å². The first-order valence-corrected chi connectivity index (χ1v) is 9.31. The van der Waals surface area contributed by atoms with Gasteiger partial charge in [-0.3, -0.25) is 18.6 Å². The number of carboxylic acid groups (broad SMARTS) is 1. The molecule has 0 aromatic carbocycles. The molecule has 0 aliphatic carbocycles. The van der Waals surface area contributed by atoms with E-state index >= 15 is 0 Å². The van der Waals surface area contributed by atoms with E-state index in [1.807, 2.05) is 0 Å². The van der Waals surface area contributed by atoms with Crippen LogP contribution in [0.3, 0.4) is 0 Å². The molecule has 25 heavy (non-hydrogen) atoms. The molecule has 1 amide bonds. The molecule has 1 heterocycles. The van der Waals surface area contributed by atoms with Crippen LogP contribution < -0.4 is 5.32 Å². The molecule has 9 heteroatoms. The predicted molar refractivity (Wildman–Crippen MR) is 93.2 cm³/mol. The van der Waals surface area contributed by atoms with Gasteiger partial charge in [0.2, 0.25) is 0 Å². The fourth-order valence-corrected chi connectivity index (χ4v) is 3.59. The minimum Gasteiger partial charge on any atom is -0.465 e. The number of pyridine rings is 1. The molecular weight excluding hydrogens is 347 g/mol. The predicted octanol–water partition coefficient (Wildman–Crippen LogP) is 4.10. The molecule has 0 saturated carbocycles. The molecule has 0 aliphatic rings. The van der Waals surface area contributed by atoms with E-state index in [1.165, 1.54) is 0 Å². The summed E-state index contributed by atoms with van der Waals surface area (Å²) in [5.74, 6) is 0. The van der Waals surface area contributed by atoms with Gasteiger partial charge in [0.25, 0.3) is 0 Å². The normalized spacial score (nSPS) is 12.9. The highest BCUT2D eigenvalue weighted by Gasteiger charge is 2.37. The molecule has 1 rings (SSSR count). The summed E-state index contributed by atoms with van der Waals surface area (Å²) >= 11 is 0. The Labute approximate surface area is 148 Å². The minimum absolute atomic E-state index is 0.0133. The Kier molecular flexibility index (Phi) is 7.14. The highest BCUT2D eigenvalue weighted by molar-refractivity contribution is 7.48. The van der Waals surface area contributed by atoms with Crippen molar-refractivity contribution in [1.29, 1.82) is 0 Å². The Morgan fingerprint density at radius 2 is 1.76 bits per heavy atom. The maximum absolute atomic E-state index is 13.0. The van der Waals surface area contributed by atoms with Crippen LogP contribution in [0.2, 0.25) is 0 Å². The number of hydrogen-bond acceptors (Lipinski definition) is 6. The molecule has 0 saturated heterocycles. The van der Waals surface area contributed by atoms with Gasteiger partial charge in [-0.15, -0.1) is 0 Å². The summed E-state index contributed by atoms with van der Waals surface area (Å²) in [5.41, 5.74) is -0.401. The second-order valence-corrected chi connectivity index (χ2v) is 8.91. The third kappa shape index (κ3) is 8.97. The highest BCUT2D eigenvalue weighted by atomic mass is 31.2. The summed E-state index contributed by atoms with van der Waals surface area (Å²) in [7, 11) is -3.85. The van der Waals surface area contributed by atoms with Gasteiger partial charge in [0, 0.05) is 11.8 Å². The van der Waals surface area contributed by atoms with Crippen LogP contribution in [0.1, 0.15) is 52.8 Å². The van der Waals surface area contributed by atoms with Crippen LogP contribution in [0.25, 0.3) is 0 Å². The van der Waals surface area contributed by atoms with Gasteiger partial charge in [0.1, 0.15) is 0 Å². The van der Waals surface area contributed by atoms with Crippen LogP contribution in [0.15, 0.2) is 18.3 Å². The van der Waals surface area contributed by atoms with E-state index in [0.717, 1.165) is 0 Å². The number of amides is 1. The largest absolute Gasteiger partial charge is 0.476 e. The SMILES string of the molecule is CC(C)(C)OP(=O)(OCc1cccnc1CNC(=O)O)OC(C)(C)C. The average molecular weight is 374 g/mol. The molecule has 0 atom stereocenters. The second kappa shape index (κ2) is 8.27. The second-order valence-electron chi connectivity index (χ2n) is 7.40. The lowest BCUT2D eigenvalue weighted by Crippen LogP contribution is -2.25. The average Bonchev–Trinajstić information content (AvgIpc) is 2.39. The number of nitrogens with one attached hydrogen (secondary N) is 1. The molecule has 1 aromatic heterocycles. The first kappa shape index (κ1) is 21.6. The van der Waals surface area contributed by atoms with E-state index in [-0.39, 0.29) is 13.2 Å². The van der Waals surface area contributed by atoms with Crippen molar-refractivity contribution in [2.45, 2.75) is 65.9 Å². The van der Waals surface area contributed by atoms with E-state index in [9.17, 15) is 9.36 Å². The molecule has 0 radical (unpaired) electrons. The minimum atomic E-state index is -3.85. The van der Waals surface area contributed by atoms with Crippen LogP contribution in [0, 0.1) is 0 Å². The van der Waals surface area contributed by atoms with Crippen molar-refractivity contribution in [3.05, 3.63) is 29.6 Å². The number of rotatable bonds is 7. The van der Waals surface area contributed by atoms with Crippen molar-refractivity contribution >= 4 is 13.9 Å². The molecule has 0 aliphatic heterocycles. The molecule has 0 bridgehead atoms. The molecular formula is C16H27N2O6P. The molecule has 0 fully saturated rings. The van der Waals surface area contributed by atoms with Gasteiger partial charge >= 0.3 is 13.9 Å². The highest BCUT2D eigenvalue weighted by Crippen LogP contribution is 2.55. The zero-order valence-corrected chi connectivity index (χ0v) is 16.4. The summed E-state index contributed by atoms with van der Waals surface area (Å²) in [6, 6.07) is 3.40. The third-order valence-electron chi connectivity index (χ3n) is 2.54. The van der Waals surface area contributed by atoms with Crippen molar-refractivity contribution in [2.24, 2.45) is 0 Å². The van der Waals surface area contributed by atoms with Gasteiger partial charge < -0.3 is 10.4 Å². The van der Waals surface area contributed by atoms with Crippen molar-refractivity contribution in [2.75, 3.05) is 0 Å². The molecule has 8 nitrogen and oxygen atoms in total. The van der Waals surface area contributed by atoms with Gasteiger partial charge in [-0.05, 0) is 47.6 Å². The summed E-state index contributed by atoms with van der Waals surface area (Å²) < 4.78 is 29.6. The van der Waals surface area contributed by atoms with Crippen LogP contribution in [-0.2, 0) is 31.3 Å².